The molecule has 82 valence electrons. The summed E-state index contributed by atoms with van der Waals surface area (Å²) in [5.74, 6) is -0.109. The third kappa shape index (κ3) is 1.67. The van der Waals surface area contributed by atoms with Crippen molar-refractivity contribution in [2.45, 2.75) is 38.1 Å². The van der Waals surface area contributed by atoms with Crippen molar-refractivity contribution in [1.82, 2.24) is 0 Å². The molecular weight excluding hydrogens is 190 g/mol. The van der Waals surface area contributed by atoms with Crippen LogP contribution in [0.25, 0.3) is 0 Å². The maximum absolute atomic E-state index is 9.55. The van der Waals surface area contributed by atoms with Crippen LogP contribution in [-0.4, -0.2) is 10.2 Å². The van der Waals surface area contributed by atoms with Crippen LogP contribution in [-0.2, 0) is 5.54 Å². The van der Waals surface area contributed by atoms with Crippen molar-refractivity contribution >= 4 is 0 Å². The third-order valence-electron chi connectivity index (χ3n) is 3.35. The van der Waals surface area contributed by atoms with Gasteiger partial charge in [0.2, 0.25) is 0 Å². The highest BCUT2D eigenvalue weighted by molar-refractivity contribution is 5.48. The van der Waals surface area contributed by atoms with Gasteiger partial charge >= 0.3 is 0 Å². The third-order valence-corrected chi connectivity index (χ3v) is 3.35. The van der Waals surface area contributed by atoms with Crippen LogP contribution < -0.4 is 5.73 Å². The van der Waals surface area contributed by atoms with E-state index in [4.69, 9.17) is 5.73 Å². The van der Waals surface area contributed by atoms with Gasteiger partial charge in [0.25, 0.3) is 0 Å². The lowest BCUT2D eigenvalue weighted by molar-refractivity contribution is 0.395. The van der Waals surface area contributed by atoms with Crippen LogP contribution in [0.3, 0.4) is 0 Å². The van der Waals surface area contributed by atoms with Gasteiger partial charge in [0.05, 0.1) is 0 Å². The van der Waals surface area contributed by atoms with Gasteiger partial charge in [-0.25, -0.2) is 0 Å². The highest BCUT2D eigenvalue weighted by Crippen LogP contribution is 2.40. The van der Waals surface area contributed by atoms with Crippen LogP contribution in [0.5, 0.6) is 11.5 Å². The van der Waals surface area contributed by atoms with Crippen LogP contribution >= 0.6 is 0 Å². The first-order valence-electron chi connectivity index (χ1n) is 5.35. The van der Waals surface area contributed by atoms with E-state index in [2.05, 4.69) is 0 Å². The predicted octanol–water partition coefficient (Wildman–Crippen LogP) is 2.13. The Kier molecular flexibility index (Phi) is 2.35. The first-order chi connectivity index (χ1) is 7.03. The Bertz CT molecular complexity index is 358. The lowest BCUT2D eigenvalue weighted by Gasteiger charge is -2.25. The van der Waals surface area contributed by atoms with Gasteiger partial charge < -0.3 is 15.9 Å². The van der Waals surface area contributed by atoms with Crippen molar-refractivity contribution in [1.29, 1.82) is 0 Å². The second-order valence-electron chi connectivity index (χ2n) is 4.52. The van der Waals surface area contributed by atoms with E-state index in [1.54, 1.807) is 13.0 Å². The first-order valence-corrected chi connectivity index (χ1v) is 5.35. The summed E-state index contributed by atoms with van der Waals surface area (Å²) in [6, 6.07) is 3.47. The van der Waals surface area contributed by atoms with Gasteiger partial charge in [-0.3, -0.25) is 0 Å². The molecule has 0 unspecified atom stereocenters. The number of nitrogens with two attached hydrogens (primary N) is 1. The van der Waals surface area contributed by atoms with Crippen LogP contribution in [0.2, 0.25) is 0 Å². The molecule has 0 aliphatic heterocycles. The quantitative estimate of drug-likeness (QED) is 0.618. The molecule has 0 amide bonds. The second kappa shape index (κ2) is 3.42. The van der Waals surface area contributed by atoms with Crippen LogP contribution in [0, 0.1) is 6.92 Å². The van der Waals surface area contributed by atoms with Gasteiger partial charge in [-0.1, -0.05) is 18.9 Å². The summed E-state index contributed by atoms with van der Waals surface area (Å²) in [5, 5.41) is 19.0. The standard InChI is InChI=1S/C12H17NO2/c1-8-6-9(7-10(14)11(8)15)12(13)4-2-3-5-12/h6-7,14-15H,2-5,13H2,1H3. The van der Waals surface area contributed by atoms with Gasteiger partial charge in [-0.05, 0) is 37.0 Å². The molecule has 0 saturated heterocycles. The van der Waals surface area contributed by atoms with Gasteiger partial charge in [-0.2, -0.15) is 0 Å². The molecular formula is C12H17NO2. The second-order valence-corrected chi connectivity index (χ2v) is 4.52. The minimum atomic E-state index is -0.310. The van der Waals surface area contributed by atoms with Crippen molar-refractivity contribution in [2.75, 3.05) is 0 Å². The SMILES string of the molecule is Cc1cc(C2(N)CCCC2)cc(O)c1O. The Labute approximate surface area is 89.5 Å². The summed E-state index contributed by atoms with van der Waals surface area (Å²) >= 11 is 0. The maximum Gasteiger partial charge on any atom is 0.160 e. The summed E-state index contributed by atoms with van der Waals surface area (Å²) in [4.78, 5) is 0. The summed E-state index contributed by atoms with van der Waals surface area (Å²) in [5.41, 5.74) is 7.59. The Morgan fingerprint density at radius 3 is 2.33 bits per heavy atom. The van der Waals surface area contributed by atoms with Gasteiger partial charge in [0.15, 0.2) is 11.5 Å². The number of phenolic OH excluding ortho intramolecular Hbond substituents is 2. The molecule has 1 aliphatic carbocycles. The zero-order chi connectivity index (χ0) is 11.1. The number of hydrogen-bond donors (Lipinski definition) is 3. The molecule has 1 aromatic rings. The van der Waals surface area contributed by atoms with Crippen molar-refractivity contribution < 1.29 is 10.2 Å². The molecule has 4 N–H and O–H groups in total. The molecule has 0 bridgehead atoms. The van der Waals surface area contributed by atoms with Crippen molar-refractivity contribution in [2.24, 2.45) is 5.73 Å². The lowest BCUT2D eigenvalue weighted by atomic mass is 9.88. The molecule has 1 aliphatic rings. The van der Waals surface area contributed by atoms with E-state index in [9.17, 15) is 10.2 Å². The molecule has 0 atom stereocenters. The highest BCUT2D eigenvalue weighted by atomic mass is 16.3. The molecule has 1 saturated carbocycles. The van der Waals surface area contributed by atoms with Crippen molar-refractivity contribution in [3.63, 3.8) is 0 Å². The van der Waals surface area contributed by atoms with E-state index in [0.717, 1.165) is 31.2 Å². The Morgan fingerprint density at radius 2 is 1.80 bits per heavy atom. The summed E-state index contributed by atoms with van der Waals surface area (Å²) in [6.07, 6.45) is 4.18. The van der Waals surface area contributed by atoms with E-state index in [-0.39, 0.29) is 17.0 Å². The molecule has 15 heavy (non-hydrogen) atoms. The minimum absolute atomic E-state index is 0.0413. The number of aromatic hydroxyl groups is 2. The van der Waals surface area contributed by atoms with Gasteiger partial charge in [-0.15, -0.1) is 0 Å². The molecule has 1 aromatic carbocycles. The fourth-order valence-corrected chi connectivity index (χ4v) is 2.34. The van der Waals surface area contributed by atoms with Crippen molar-refractivity contribution in [3.05, 3.63) is 23.3 Å². The average Bonchev–Trinajstić information content (AvgIpc) is 2.62. The smallest absolute Gasteiger partial charge is 0.160 e. The van der Waals surface area contributed by atoms with E-state index < -0.39 is 0 Å². The molecule has 3 nitrogen and oxygen atoms in total. The topological polar surface area (TPSA) is 66.5 Å². The first kappa shape index (κ1) is 10.3. The number of rotatable bonds is 1. The fourth-order valence-electron chi connectivity index (χ4n) is 2.34. The Morgan fingerprint density at radius 1 is 1.20 bits per heavy atom. The molecule has 2 rings (SSSR count). The normalized spacial score (nSPS) is 19.3. The van der Waals surface area contributed by atoms with Crippen LogP contribution in [0.4, 0.5) is 0 Å². The zero-order valence-corrected chi connectivity index (χ0v) is 8.95. The number of hydrogen-bond acceptors (Lipinski definition) is 3. The number of benzene rings is 1. The number of phenols is 2. The molecule has 1 fully saturated rings. The highest BCUT2D eigenvalue weighted by Gasteiger charge is 2.32. The summed E-state index contributed by atoms with van der Waals surface area (Å²) in [6.45, 7) is 1.77. The molecule has 0 aromatic heterocycles. The minimum Gasteiger partial charge on any atom is -0.504 e. The Balaban J connectivity index is 2.45. The van der Waals surface area contributed by atoms with E-state index in [0.29, 0.717) is 5.56 Å². The lowest BCUT2D eigenvalue weighted by Crippen LogP contribution is -2.33. The van der Waals surface area contributed by atoms with Crippen molar-refractivity contribution in [3.8, 4) is 11.5 Å². The zero-order valence-electron chi connectivity index (χ0n) is 8.95. The van der Waals surface area contributed by atoms with Crippen LogP contribution in [0.15, 0.2) is 12.1 Å². The van der Waals surface area contributed by atoms with E-state index in [1.165, 1.54) is 0 Å². The number of aryl methyl sites for hydroxylation is 1. The van der Waals surface area contributed by atoms with Crippen LogP contribution in [0.1, 0.15) is 36.8 Å². The van der Waals surface area contributed by atoms with E-state index >= 15 is 0 Å². The largest absolute Gasteiger partial charge is 0.504 e. The molecule has 0 radical (unpaired) electrons. The summed E-state index contributed by atoms with van der Waals surface area (Å²) in [7, 11) is 0. The van der Waals surface area contributed by atoms with Gasteiger partial charge in [0, 0.05) is 5.54 Å². The van der Waals surface area contributed by atoms with Gasteiger partial charge in [0.1, 0.15) is 0 Å². The van der Waals surface area contributed by atoms with E-state index in [1.807, 2.05) is 6.07 Å². The predicted molar refractivity (Wildman–Crippen MR) is 58.8 cm³/mol. The maximum atomic E-state index is 9.55. The summed E-state index contributed by atoms with van der Waals surface area (Å²) < 4.78 is 0. The Hall–Kier alpha value is -1.22. The molecule has 0 heterocycles. The fraction of sp³-hybridized carbons (Fsp3) is 0.500. The average molecular weight is 207 g/mol. The molecule has 3 heteroatoms. The monoisotopic (exact) mass is 207 g/mol. The molecule has 0 spiro atoms.